The maximum Gasteiger partial charge on any atom is 0.289 e. The highest BCUT2D eigenvalue weighted by molar-refractivity contribution is 5.91. The van der Waals surface area contributed by atoms with E-state index in [0.717, 1.165) is 57.6 Å². The first kappa shape index (κ1) is 15.6. The first-order chi connectivity index (χ1) is 10.6. The monoisotopic (exact) mass is 306 g/mol. The van der Waals surface area contributed by atoms with E-state index >= 15 is 0 Å². The van der Waals surface area contributed by atoms with Gasteiger partial charge in [-0.25, -0.2) is 0 Å². The Morgan fingerprint density at radius 1 is 1.23 bits per heavy atom. The van der Waals surface area contributed by atoms with Gasteiger partial charge in [0.25, 0.3) is 5.91 Å². The van der Waals surface area contributed by atoms with Crippen molar-refractivity contribution < 1.29 is 13.9 Å². The highest BCUT2D eigenvalue weighted by Crippen LogP contribution is 2.35. The summed E-state index contributed by atoms with van der Waals surface area (Å²) in [6.45, 7) is 3.15. The number of hydrogen-bond donors (Lipinski definition) is 0. The van der Waals surface area contributed by atoms with Crippen LogP contribution in [0.5, 0.6) is 0 Å². The summed E-state index contributed by atoms with van der Waals surface area (Å²) in [4.78, 5) is 16.6. The lowest BCUT2D eigenvalue weighted by Gasteiger charge is -2.26. The van der Waals surface area contributed by atoms with Crippen molar-refractivity contribution in [2.75, 3.05) is 33.8 Å². The van der Waals surface area contributed by atoms with Crippen LogP contribution in [0.25, 0.3) is 0 Å². The summed E-state index contributed by atoms with van der Waals surface area (Å²) < 4.78 is 11.7. The molecule has 0 bridgehead atoms. The second-order valence-electron chi connectivity index (χ2n) is 6.78. The molecule has 0 saturated carbocycles. The fourth-order valence-corrected chi connectivity index (χ4v) is 3.57. The molecular formula is C17H26N2O3. The molecular weight excluding hydrogens is 280 g/mol. The quantitative estimate of drug-likeness (QED) is 0.861. The summed E-state index contributed by atoms with van der Waals surface area (Å²) in [5.74, 6) is 1.30. The summed E-state index contributed by atoms with van der Waals surface area (Å²) in [5.41, 5.74) is 0.0360. The minimum atomic E-state index is 0.0139. The van der Waals surface area contributed by atoms with E-state index in [1.54, 1.807) is 6.07 Å². The van der Waals surface area contributed by atoms with E-state index in [-0.39, 0.29) is 11.5 Å². The van der Waals surface area contributed by atoms with Crippen molar-refractivity contribution in [2.24, 2.45) is 0 Å². The predicted molar refractivity (Wildman–Crippen MR) is 83.8 cm³/mol. The van der Waals surface area contributed by atoms with Crippen LogP contribution in [0.4, 0.5) is 0 Å². The van der Waals surface area contributed by atoms with E-state index in [0.29, 0.717) is 12.3 Å². The van der Waals surface area contributed by atoms with Crippen LogP contribution < -0.4 is 0 Å². The zero-order valence-electron chi connectivity index (χ0n) is 13.6. The number of nitrogens with zero attached hydrogens (tertiary/aromatic N) is 2. The second-order valence-corrected chi connectivity index (χ2v) is 6.78. The molecule has 2 saturated heterocycles. The van der Waals surface area contributed by atoms with E-state index < -0.39 is 0 Å². The van der Waals surface area contributed by atoms with Gasteiger partial charge in [0.2, 0.25) is 0 Å². The first-order valence-electron chi connectivity index (χ1n) is 8.25. The van der Waals surface area contributed by atoms with Crippen molar-refractivity contribution >= 4 is 5.91 Å². The molecule has 1 aromatic heterocycles. The van der Waals surface area contributed by atoms with Gasteiger partial charge in [-0.05, 0) is 58.3 Å². The molecule has 1 aromatic rings. The molecule has 22 heavy (non-hydrogen) atoms. The van der Waals surface area contributed by atoms with Gasteiger partial charge < -0.3 is 19.0 Å². The van der Waals surface area contributed by atoms with Gasteiger partial charge in [0.05, 0.1) is 12.1 Å². The van der Waals surface area contributed by atoms with Crippen molar-refractivity contribution in [1.82, 2.24) is 9.80 Å². The molecule has 2 fully saturated rings. The number of ether oxygens (including phenoxy) is 1. The Balaban J connectivity index is 1.63. The van der Waals surface area contributed by atoms with Gasteiger partial charge >= 0.3 is 0 Å². The lowest BCUT2D eigenvalue weighted by molar-refractivity contribution is -0.00698. The van der Waals surface area contributed by atoms with Crippen LogP contribution in [0.2, 0.25) is 0 Å². The first-order valence-corrected chi connectivity index (χ1v) is 8.25. The molecule has 5 nitrogen and oxygen atoms in total. The summed E-state index contributed by atoms with van der Waals surface area (Å²) in [6, 6.07) is 3.69. The van der Waals surface area contributed by atoms with Crippen LogP contribution >= 0.6 is 0 Å². The van der Waals surface area contributed by atoms with Crippen molar-refractivity contribution in [3.8, 4) is 0 Å². The van der Waals surface area contributed by atoms with Gasteiger partial charge in [0.15, 0.2) is 5.76 Å². The number of furan rings is 1. The Bertz CT molecular complexity index is 518. The fraction of sp³-hybridized carbons (Fsp3) is 0.706. The predicted octanol–water partition coefficient (Wildman–Crippen LogP) is 2.52. The number of amides is 1. The van der Waals surface area contributed by atoms with Gasteiger partial charge in [0, 0.05) is 19.7 Å². The topological polar surface area (TPSA) is 45.9 Å². The molecule has 1 amide bonds. The molecule has 2 aliphatic heterocycles. The Hall–Kier alpha value is -1.33. The van der Waals surface area contributed by atoms with E-state index in [1.807, 2.05) is 30.0 Å². The number of likely N-dealkylation sites (tertiary alicyclic amines) is 1. The third kappa shape index (κ3) is 3.36. The van der Waals surface area contributed by atoms with Crippen molar-refractivity contribution in [1.29, 1.82) is 0 Å². The number of hydrogen-bond acceptors (Lipinski definition) is 4. The molecule has 1 atom stereocenters. The molecule has 1 unspecified atom stereocenters. The zero-order chi connectivity index (χ0) is 15.6. The maximum atomic E-state index is 12.6. The molecule has 2 aliphatic rings. The molecule has 0 aliphatic carbocycles. The van der Waals surface area contributed by atoms with Gasteiger partial charge in [-0.15, -0.1) is 0 Å². The second kappa shape index (κ2) is 6.42. The van der Waals surface area contributed by atoms with E-state index in [9.17, 15) is 4.79 Å². The van der Waals surface area contributed by atoms with Crippen LogP contribution in [0.3, 0.4) is 0 Å². The average molecular weight is 306 g/mol. The molecule has 122 valence electrons. The fourth-order valence-electron chi connectivity index (χ4n) is 3.57. The molecule has 0 radical (unpaired) electrons. The highest BCUT2D eigenvalue weighted by atomic mass is 16.5. The standard InChI is InChI=1S/C17H26N2O3/c1-18(2)13-14-5-6-15(22-14)16(20)19-10-3-7-17(9-11-19)8-4-12-21-17/h5-6H,3-4,7-13H2,1-2H3. The summed E-state index contributed by atoms with van der Waals surface area (Å²) in [6.07, 6.45) is 5.32. The zero-order valence-corrected chi connectivity index (χ0v) is 13.6. The minimum absolute atomic E-state index is 0.0139. The maximum absolute atomic E-state index is 12.6. The van der Waals surface area contributed by atoms with Gasteiger partial charge in [-0.2, -0.15) is 0 Å². The third-order valence-corrected chi connectivity index (χ3v) is 4.71. The molecule has 0 N–H and O–H groups in total. The van der Waals surface area contributed by atoms with E-state index in [1.165, 1.54) is 0 Å². The SMILES string of the molecule is CN(C)Cc1ccc(C(=O)N2CCCC3(CCCO3)CC2)o1. The van der Waals surface area contributed by atoms with Gasteiger partial charge in [-0.3, -0.25) is 4.79 Å². The average Bonchev–Trinajstić information content (AvgIpc) is 3.06. The Kier molecular flexibility index (Phi) is 4.54. The van der Waals surface area contributed by atoms with Gasteiger partial charge in [-0.1, -0.05) is 0 Å². The Morgan fingerprint density at radius 2 is 2.05 bits per heavy atom. The lowest BCUT2D eigenvalue weighted by Crippen LogP contribution is -2.34. The van der Waals surface area contributed by atoms with Crippen molar-refractivity contribution in [3.05, 3.63) is 23.7 Å². The number of carbonyl (C=O) groups excluding carboxylic acids is 1. The Morgan fingerprint density at radius 3 is 2.77 bits per heavy atom. The molecule has 0 aromatic carbocycles. The Labute approximate surface area is 132 Å². The van der Waals surface area contributed by atoms with Gasteiger partial charge in [0.1, 0.15) is 5.76 Å². The van der Waals surface area contributed by atoms with Crippen LogP contribution in [-0.4, -0.2) is 55.1 Å². The largest absolute Gasteiger partial charge is 0.455 e. The molecule has 5 heteroatoms. The summed E-state index contributed by atoms with van der Waals surface area (Å²) in [7, 11) is 3.97. The van der Waals surface area contributed by atoms with Crippen molar-refractivity contribution in [2.45, 2.75) is 44.2 Å². The lowest BCUT2D eigenvalue weighted by atomic mass is 9.92. The third-order valence-electron chi connectivity index (χ3n) is 4.71. The summed E-state index contributed by atoms with van der Waals surface area (Å²) in [5, 5.41) is 0. The smallest absolute Gasteiger partial charge is 0.289 e. The van der Waals surface area contributed by atoms with E-state index in [4.69, 9.17) is 9.15 Å². The normalized spacial score (nSPS) is 25.9. The van der Waals surface area contributed by atoms with Crippen LogP contribution in [0.15, 0.2) is 16.5 Å². The van der Waals surface area contributed by atoms with Crippen LogP contribution in [-0.2, 0) is 11.3 Å². The number of carbonyl (C=O) groups is 1. The van der Waals surface area contributed by atoms with E-state index in [2.05, 4.69) is 0 Å². The summed E-state index contributed by atoms with van der Waals surface area (Å²) >= 11 is 0. The molecule has 3 rings (SSSR count). The highest BCUT2D eigenvalue weighted by Gasteiger charge is 2.37. The minimum Gasteiger partial charge on any atom is -0.455 e. The molecule has 1 spiro atoms. The number of rotatable bonds is 3. The van der Waals surface area contributed by atoms with Crippen LogP contribution in [0, 0.1) is 0 Å². The molecule has 3 heterocycles. The van der Waals surface area contributed by atoms with Crippen molar-refractivity contribution in [3.63, 3.8) is 0 Å². The van der Waals surface area contributed by atoms with Crippen LogP contribution in [0.1, 0.15) is 48.4 Å².